The molecule has 0 spiro atoms. The zero-order valence-electron chi connectivity index (χ0n) is 8.51. The first-order valence-corrected chi connectivity index (χ1v) is 6.54. The average Bonchev–Trinajstić information content (AvgIpc) is 1.77. The van der Waals surface area contributed by atoms with E-state index in [-0.39, 0.29) is 6.16 Å². The summed E-state index contributed by atoms with van der Waals surface area (Å²) >= 11 is 0. The van der Waals surface area contributed by atoms with Crippen LogP contribution >= 0.6 is 7.37 Å². The average molecular weight is 223 g/mol. The van der Waals surface area contributed by atoms with Crippen LogP contribution in [0, 0.1) is 5.92 Å². The van der Waals surface area contributed by atoms with E-state index in [1.54, 1.807) is 0 Å². The van der Waals surface area contributed by atoms with Gasteiger partial charge < -0.3 is 15.7 Å². The molecule has 0 saturated heterocycles. The maximum atomic E-state index is 11.3. The molecule has 0 rings (SSSR count). The van der Waals surface area contributed by atoms with E-state index in [1.165, 1.54) is 0 Å². The van der Waals surface area contributed by atoms with Crippen molar-refractivity contribution in [2.75, 3.05) is 12.3 Å². The van der Waals surface area contributed by atoms with Crippen LogP contribution in [-0.2, 0) is 9.36 Å². The van der Waals surface area contributed by atoms with Crippen molar-refractivity contribution in [3.05, 3.63) is 0 Å². The molecule has 0 radical (unpaired) electrons. The third-order valence-corrected chi connectivity index (χ3v) is 3.48. The second-order valence-electron chi connectivity index (χ2n) is 3.97. The van der Waals surface area contributed by atoms with Crippen LogP contribution in [0.3, 0.4) is 0 Å². The Hall–Kier alpha value is -0.380. The van der Waals surface area contributed by atoms with Crippen LogP contribution in [0.2, 0.25) is 0 Å². The molecule has 2 atom stereocenters. The molecule has 0 heterocycles. The minimum absolute atomic E-state index is 0.114. The van der Waals surface area contributed by atoms with Crippen molar-refractivity contribution in [2.24, 2.45) is 11.7 Å². The standard InChI is InChI=1S/C8H18NO4P/c1-6(2)3-7(9)4-14(12,13)5-8(10)11/h6-7H,3-5,9H2,1-2H3,(H,10,11)(H,12,13). The highest BCUT2D eigenvalue weighted by atomic mass is 31.2. The van der Waals surface area contributed by atoms with Crippen LogP contribution < -0.4 is 5.73 Å². The molecule has 2 unspecified atom stereocenters. The molecular formula is C8H18NO4P. The normalized spacial score (nSPS) is 17.8. The van der Waals surface area contributed by atoms with Gasteiger partial charge in [-0.25, -0.2) is 0 Å². The molecule has 0 fully saturated rings. The largest absolute Gasteiger partial charge is 0.481 e. The van der Waals surface area contributed by atoms with E-state index in [0.29, 0.717) is 12.3 Å². The molecule has 0 aromatic rings. The topological polar surface area (TPSA) is 101 Å². The SMILES string of the molecule is CC(C)CC(N)CP(=O)(O)CC(=O)O. The highest BCUT2D eigenvalue weighted by Gasteiger charge is 2.25. The highest BCUT2D eigenvalue weighted by molar-refractivity contribution is 7.59. The molecule has 14 heavy (non-hydrogen) atoms. The molecule has 0 aliphatic heterocycles. The Morgan fingerprint density at radius 3 is 2.36 bits per heavy atom. The number of hydrogen-bond acceptors (Lipinski definition) is 3. The zero-order valence-corrected chi connectivity index (χ0v) is 9.41. The maximum Gasteiger partial charge on any atom is 0.313 e. The summed E-state index contributed by atoms with van der Waals surface area (Å²) in [7, 11) is -3.59. The lowest BCUT2D eigenvalue weighted by molar-refractivity contribution is -0.134. The van der Waals surface area contributed by atoms with Crippen LogP contribution in [-0.4, -0.2) is 34.3 Å². The van der Waals surface area contributed by atoms with Gasteiger partial charge in [-0.2, -0.15) is 0 Å². The number of nitrogens with two attached hydrogens (primary N) is 1. The fraction of sp³-hybridized carbons (Fsp3) is 0.875. The Morgan fingerprint density at radius 1 is 1.50 bits per heavy atom. The van der Waals surface area contributed by atoms with Crippen molar-refractivity contribution in [3.8, 4) is 0 Å². The molecule has 5 nitrogen and oxygen atoms in total. The third kappa shape index (κ3) is 7.06. The molecule has 6 heteroatoms. The predicted molar refractivity (Wildman–Crippen MR) is 54.6 cm³/mol. The molecule has 0 bridgehead atoms. The van der Waals surface area contributed by atoms with Crippen molar-refractivity contribution in [2.45, 2.75) is 26.3 Å². The Balaban J connectivity index is 4.08. The Kier molecular flexibility index (Phi) is 5.34. The fourth-order valence-electron chi connectivity index (χ4n) is 1.32. The second-order valence-corrected chi connectivity index (χ2v) is 6.34. The van der Waals surface area contributed by atoms with Gasteiger partial charge in [0, 0.05) is 12.2 Å². The van der Waals surface area contributed by atoms with Crippen LogP contribution in [0.4, 0.5) is 0 Å². The van der Waals surface area contributed by atoms with E-state index in [9.17, 15) is 14.3 Å². The summed E-state index contributed by atoms with van der Waals surface area (Å²) < 4.78 is 11.3. The maximum absolute atomic E-state index is 11.3. The van der Waals surface area contributed by atoms with E-state index in [2.05, 4.69) is 0 Å². The number of rotatable bonds is 6. The first-order valence-electron chi connectivity index (χ1n) is 4.51. The number of carboxylic acid groups (broad SMARTS) is 1. The van der Waals surface area contributed by atoms with Crippen molar-refractivity contribution in [3.63, 3.8) is 0 Å². The minimum Gasteiger partial charge on any atom is -0.481 e. The number of carbonyl (C=O) groups is 1. The molecule has 0 aliphatic rings. The predicted octanol–water partition coefficient (Wildman–Crippen LogP) is 0.715. The lowest BCUT2D eigenvalue weighted by Crippen LogP contribution is -2.27. The fourth-order valence-corrected chi connectivity index (χ4v) is 2.76. The van der Waals surface area contributed by atoms with Gasteiger partial charge in [-0.3, -0.25) is 9.36 Å². The summed E-state index contributed by atoms with van der Waals surface area (Å²) in [6.07, 6.45) is -0.180. The van der Waals surface area contributed by atoms with E-state index < -0.39 is 25.5 Å². The van der Waals surface area contributed by atoms with Crippen LogP contribution in [0.1, 0.15) is 20.3 Å². The summed E-state index contributed by atoms with van der Waals surface area (Å²) in [4.78, 5) is 19.5. The summed E-state index contributed by atoms with van der Waals surface area (Å²) in [6.45, 7) is 3.92. The molecule has 0 aromatic heterocycles. The third-order valence-electron chi connectivity index (χ3n) is 1.68. The molecule has 0 aliphatic carbocycles. The van der Waals surface area contributed by atoms with E-state index in [0.717, 1.165) is 0 Å². The van der Waals surface area contributed by atoms with Gasteiger partial charge in [-0.05, 0) is 12.3 Å². The van der Waals surface area contributed by atoms with E-state index in [1.807, 2.05) is 13.8 Å². The van der Waals surface area contributed by atoms with Gasteiger partial charge in [-0.1, -0.05) is 13.8 Å². The number of hydrogen-bond donors (Lipinski definition) is 3. The summed E-state index contributed by atoms with van der Waals surface area (Å²) in [6, 6.07) is -0.398. The first kappa shape index (κ1) is 13.6. The number of carboxylic acids is 1. The lowest BCUT2D eigenvalue weighted by Gasteiger charge is -2.16. The van der Waals surface area contributed by atoms with Gasteiger partial charge >= 0.3 is 5.97 Å². The van der Waals surface area contributed by atoms with Gasteiger partial charge in [0.05, 0.1) is 0 Å². The highest BCUT2D eigenvalue weighted by Crippen LogP contribution is 2.40. The van der Waals surface area contributed by atoms with E-state index >= 15 is 0 Å². The second kappa shape index (κ2) is 5.49. The Labute approximate surface area is 83.8 Å². The number of aliphatic carboxylic acids is 1. The summed E-state index contributed by atoms with van der Waals surface area (Å²) in [5.41, 5.74) is 5.61. The molecule has 0 amide bonds. The molecule has 84 valence electrons. The van der Waals surface area contributed by atoms with Gasteiger partial charge in [0.15, 0.2) is 0 Å². The van der Waals surface area contributed by atoms with Crippen molar-refractivity contribution >= 4 is 13.3 Å². The summed E-state index contributed by atoms with van der Waals surface area (Å²) in [5.74, 6) is -0.914. The monoisotopic (exact) mass is 223 g/mol. The molecule has 4 N–H and O–H groups in total. The molecule has 0 saturated carbocycles. The van der Waals surface area contributed by atoms with Crippen molar-refractivity contribution in [1.82, 2.24) is 0 Å². The van der Waals surface area contributed by atoms with Gasteiger partial charge in [0.2, 0.25) is 7.37 Å². The van der Waals surface area contributed by atoms with Gasteiger partial charge in [0.1, 0.15) is 6.16 Å². The first-order chi connectivity index (χ1) is 6.23. The molecule has 0 aromatic carbocycles. The quantitative estimate of drug-likeness (QED) is 0.576. The van der Waals surface area contributed by atoms with Gasteiger partial charge in [-0.15, -0.1) is 0 Å². The van der Waals surface area contributed by atoms with Gasteiger partial charge in [0.25, 0.3) is 0 Å². The molecular weight excluding hydrogens is 205 g/mol. The van der Waals surface area contributed by atoms with Crippen molar-refractivity contribution in [1.29, 1.82) is 0 Å². The summed E-state index contributed by atoms with van der Waals surface area (Å²) in [5, 5.41) is 8.37. The minimum atomic E-state index is -3.59. The zero-order chi connectivity index (χ0) is 11.4. The van der Waals surface area contributed by atoms with Crippen LogP contribution in [0.15, 0.2) is 0 Å². The lowest BCUT2D eigenvalue weighted by atomic mass is 10.1. The van der Waals surface area contributed by atoms with E-state index in [4.69, 9.17) is 10.8 Å². The smallest absolute Gasteiger partial charge is 0.313 e. The van der Waals surface area contributed by atoms with Crippen molar-refractivity contribution < 1.29 is 19.4 Å². The van der Waals surface area contributed by atoms with Crippen LogP contribution in [0.5, 0.6) is 0 Å². The Morgan fingerprint density at radius 2 is 2.00 bits per heavy atom. The Bertz CT molecular complexity index is 241. The van der Waals surface area contributed by atoms with Crippen LogP contribution in [0.25, 0.3) is 0 Å².